The summed E-state index contributed by atoms with van der Waals surface area (Å²) in [6.45, 7) is 2.95. The molecule has 1 aromatic carbocycles. The van der Waals surface area contributed by atoms with Crippen LogP contribution in [-0.2, 0) is 0 Å². The van der Waals surface area contributed by atoms with Gasteiger partial charge in [0.1, 0.15) is 0 Å². The molecule has 2 nitrogen and oxygen atoms in total. The third kappa shape index (κ3) is 2.59. The largest absolute Gasteiger partial charge is 0.329 e. The van der Waals surface area contributed by atoms with Crippen LogP contribution in [0.3, 0.4) is 0 Å². The first kappa shape index (κ1) is 12.4. The molecule has 2 N–H and O–H groups in total. The van der Waals surface area contributed by atoms with Crippen LogP contribution in [0.15, 0.2) is 22.7 Å². The van der Waals surface area contributed by atoms with Gasteiger partial charge in [0.2, 0.25) is 0 Å². The molecule has 1 heterocycles. The topological polar surface area (TPSA) is 29.3 Å². The Labute approximate surface area is 110 Å². The zero-order chi connectivity index (χ0) is 11.5. The zero-order valence-corrected chi connectivity index (χ0v) is 11.5. The molecule has 1 saturated heterocycles. The lowest BCUT2D eigenvalue weighted by Gasteiger charge is -2.26. The molecule has 0 spiro atoms. The Hall–Kier alpha value is -0.0900. The first-order chi connectivity index (χ1) is 7.72. The van der Waals surface area contributed by atoms with E-state index < -0.39 is 0 Å². The van der Waals surface area contributed by atoms with Gasteiger partial charge in [-0.05, 0) is 59.6 Å². The van der Waals surface area contributed by atoms with Crippen LogP contribution < -0.4 is 5.73 Å². The number of nitrogens with two attached hydrogens (primary N) is 1. The third-order valence-electron chi connectivity index (χ3n) is 3.13. The van der Waals surface area contributed by atoms with Crippen LogP contribution in [0, 0.1) is 0 Å². The maximum absolute atomic E-state index is 6.12. The van der Waals surface area contributed by atoms with Crippen molar-refractivity contribution in [3.05, 3.63) is 33.3 Å². The standard InChI is InChI=1S/C12H16BrClN2/c13-10-4-3-9(7-11(10)14)12(8-15)16-5-1-2-6-16/h3-4,7,12H,1-2,5-6,8,15H2. The minimum absolute atomic E-state index is 0.313. The predicted molar refractivity (Wildman–Crippen MR) is 71.8 cm³/mol. The van der Waals surface area contributed by atoms with Crippen LogP contribution in [0.5, 0.6) is 0 Å². The minimum atomic E-state index is 0.313. The SMILES string of the molecule is NCC(c1ccc(Br)c(Cl)c1)N1CCCC1. The van der Waals surface area contributed by atoms with Crippen LogP contribution >= 0.6 is 27.5 Å². The van der Waals surface area contributed by atoms with E-state index in [0.29, 0.717) is 12.6 Å². The van der Waals surface area contributed by atoms with E-state index in [1.54, 1.807) is 0 Å². The van der Waals surface area contributed by atoms with Crippen LogP contribution in [0.25, 0.3) is 0 Å². The molecule has 4 heteroatoms. The molecule has 16 heavy (non-hydrogen) atoms. The lowest BCUT2D eigenvalue weighted by molar-refractivity contribution is 0.251. The molecule has 0 aromatic heterocycles. The molecule has 0 aliphatic carbocycles. The predicted octanol–water partition coefficient (Wildman–Crippen LogP) is 3.20. The van der Waals surface area contributed by atoms with Gasteiger partial charge in [-0.25, -0.2) is 0 Å². The van der Waals surface area contributed by atoms with E-state index in [0.717, 1.165) is 22.6 Å². The highest BCUT2D eigenvalue weighted by molar-refractivity contribution is 9.10. The lowest BCUT2D eigenvalue weighted by atomic mass is 10.1. The molecule has 1 fully saturated rings. The van der Waals surface area contributed by atoms with E-state index in [9.17, 15) is 0 Å². The average molecular weight is 304 g/mol. The maximum Gasteiger partial charge on any atom is 0.0551 e. The Kier molecular flexibility index (Phi) is 4.25. The fourth-order valence-electron chi connectivity index (χ4n) is 2.27. The highest BCUT2D eigenvalue weighted by Crippen LogP contribution is 2.29. The highest BCUT2D eigenvalue weighted by Gasteiger charge is 2.22. The van der Waals surface area contributed by atoms with Crippen molar-refractivity contribution in [3.8, 4) is 0 Å². The van der Waals surface area contributed by atoms with Gasteiger partial charge < -0.3 is 5.73 Å². The van der Waals surface area contributed by atoms with Crippen molar-refractivity contribution in [2.75, 3.05) is 19.6 Å². The highest BCUT2D eigenvalue weighted by atomic mass is 79.9. The van der Waals surface area contributed by atoms with Crippen LogP contribution in [0.2, 0.25) is 5.02 Å². The third-order valence-corrected chi connectivity index (χ3v) is 4.37. The Balaban J connectivity index is 2.22. The molecule has 0 saturated carbocycles. The van der Waals surface area contributed by atoms with Gasteiger partial charge >= 0.3 is 0 Å². The second-order valence-electron chi connectivity index (χ2n) is 4.17. The number of likely N-dealkylation sites (tertiary alicyclic amines) is 1. The first-order valence-electron chi connectivity index (χ1n) is 5.61. The van der Waals surface area contributed by atoms with E-state index in [-0.39, 0.29) is 0 Å². The summed E-state index contributed by atoms with van der Waals surface area (Å²) in [5.41, 5.74) is 7.10. The smallest absolute Gasteiger partial charge is 0.0551 e. The van der Waals surface area contributed by atoms with Gasteiger partial charge in [0, 0.05) is 17.1 Å². The van der Waals surface area contributed by atoms with Gasteiger partial charge in [-0.15, -0.1) is 0 Å². The quantitative estimate of drug-likeness (QED) is 0.929. The summed E-state index contributed by atoms with van der Waals surface area (Å²) in [4.78, 5) is 2.44. The molecule has 0 radical (unpaired) electrons. The van der Waals surface area contributed by atoms with Gasteiger partial charge in [-0.2, -0.15) is 0 Å². The molecule has 88 valence electrons. The number of halogens is 2. The minimum Gasteiger partial charge on any atom is -0.329 e. The second-order valence-corrected chi connectivity index (χ2v) is 5.43. The number of hydrogen-bond donors (Lipinski definition) is 1. The van der Waals surface area contributed by atoms with E-state index in [4.69, 9.17) is 17.3 Å². The number of nitrogens with zero attached hydrogens (tertiary/aromatic N) is 1. The zero-order valence-electron chi connectivity index (χ0n) is 9.13. The Morgan fingerprint density at radius 2 is 2.06 bits per heavy atom. The fourth-order valence-corrected chi connectivity index (χ4v) is 2.70. The van der Waals surface area contributed by atoms with Crippen molar-refractivity contribution in [1.82, 2.24) is 4.90 Å². The summed E-state index contributed by atoms with van der Waals surface area (Å²) in [5.74, 6) is 0. The molecule has 1 aliphatic rings. The molecular weight excluding hydrogens is 288 g/mol. The van der Waals surface area contributed by atoms with E-state index in [1.165, 1.54) is 18.4 Å². The van der Waals surface area contributed by atoms with Gasteiger partial charge in [0.25, 0.3) is 0 Å². The Morgan fingerprint density at radius 3 is 2.62 bits per heavy atom. The number of hydrogen-bond acceptors (Lipinski definition) is 2. The maximum atomic E-state index is 6.12. The van der Waals surface area contributed by atoms with E-state index in [1.807, 2.05) is 12.1 Å². The summed E-state index contributed by atoms with van der Waals surface area (Å²) in [7, 11) is 0. The fraction of sp³-hybridized carbons (Fsp3) is 0.500. The molecule has 1 aliphatic heterocycles. The summed E-state index contributed by atoms with van der Waals surface area (Å²) in [5, 5.41) is 0.759. The van der Waals surface area contributed by atoms with E-state index in [2.05, 4.69) is 26.9 Å². The van der Waals surface area contributed by atoms with Crippen LogP contribution in [0.4, 0.5) is 0 Å². The van der Waals surface area contributed by atoms with Crippen molar-refractivity contribution in [2.45, 2.75) is 18.9 Å². The molecular formula is C12H16BrClN2. The normalized spacial score (nSPS) is 18.9. The van der Waals surface area contributed by atoms with Gasteiger partial charge in [0.05, 0.1) is 5.02 Å². The average Bonchev–Trinajstić information content (AvgIpc) is 2.78. The first-order valence-corrected chi connectivity index (χ1v) is 6.78. The second kappa shape index (κ2) is 5.50. The summed E-state index contributed by atoms with van der Waals surface area (Å²) in [6, 6.07) is 6.43. The van der Waals surface area contributed by atoms with Crippen molar-refractivity contribution in [2.24, 2.45) is 5.73 Å². The van der Waals surface area contributed by atoms with E-state index >= 15 is 0 Å². The number of benzene rings is 1. The summed E-state index contributed by atoms with van der Waals surface area (Å²) in [6.07, 6.45) is 2.56. The number of rotatable bonds is 3. The molecule has 0 amide bonds. The monoisotopic (exact) mass is 302 g/mol. The lowest BCUT2D eigenvalue weighted by Crippen LogP contribution is -2.31. The Morgan fingerprint density at radius 1 is 1.38 bits per heavy atom. The molecule has 1 unspecified atom stereocenters. The van der Waals surface area contributed by atoms with Crippen LogP contribution in [0.1, 0.15) is 24.4 Å². The van der Waals surface area contributed by atoms with Gasteiger partial charge in [-0.3, -0.25) is 4.90 Å². The summed E-state index contributed by atoms with van der Waals surface area (Å²) >= 11 is 9.52. The molecule has 2 rings (SSSR count). The van der Waals surface area contributed by atoms with Crippen LogP contribution in [-0.4, -0.2) is 24.5 Å². The van der Waals surface area contributed by atoms with Crippen molar-refractivity contribution < 1.29 is 0 Å². The van der Waals surface area contributed by atoms with Crippen molar-refractivity contribution in [1.29, 1.82) is 0 Å². The van der Waals surface area contributed by atoms with Crippen molar-refractivity contribution >= 4 is 27.5 Å². The molecule has 1 atom stereocenters. The summed E-state index contributed by atoms with van der Waals surface area (Å²) < 4.78 is 0.940. The van der Waals surface area contributed by atoms with Crippen molar-refractivity contribution in [3.63, 3.8) is 0 Å². The van der Waals surface area contributed by atoms with Gasteiger partial charge in [0.15, 0.2) is 0 Å². The van der Waals surface area contributed by atoms with Gasteiger partial charge in [-0.1, -0.05) is 17.7 Å². The molecule has 1 aromatic rings. The molecule has 0 bridgehead atoms. The Bertz CT molecular complexity index is 364.